The number of methoxy groups -OCH3 is 2. The summed E-state index contributed by atoms with van der Waals surface area (Å²) in [5.74, 6) is 1.13. The quantitative estimate of drug-likeness (QED) is 0.724. The first-order valence-electron chi connectivity index (χ1n) is 8.00. The third kappa shape index (κ3) is 5.46. The van der Waals surface area contributed by atoms with Gasteiger partial charge in [-0.2, -0.15) is 0 Å². The van der Waals surface area contributed by atoms with E-state index in [1.165, 1.54) is 0 Å². The number of hydrogen-bond acceptors (Lipinski definition) is 5. The molecule has 140 valence electrons. The van der Waals surface area contributed by atoms with E-state index in [2.05, 4.69) is 10.6 Å². The SMILES string of the molecule is COc1cc(Nc2ccc(NC(=O)OC(C)(C)C)cc2)c(OC)cc1Cl. The first-order chi connectivity index (χ1) is 12.2. The maximum absolute atomic E-state index is 11.8. The van der Waals surface area contributed by atoms with E-state index in [1.807, 2.05) is 32.9 Å². The molecule has 2 aromatic rings. The van der Waals surface area contributed by atoms with E-state index < -0.39 is 11.7 Å². The zero-order valence-corrected chi connectivity index (χ0v) is 16.2. The summed E-state index contributed by atoms with van der Waals surface area (Å²) >= 11 is 6.11. The Morgan fingerprint density at radius 2 is 1.54 bits per heavy atom. The molecule has 0 saturated carbocycles. The van der Waals surface area contributed by atoms with Gasteiger partial charge in [0.25, 0.3) is 0 Å². The van der Waals surface area contributed by atoms with Crippen molar-refractivity contribution in [1.82, 2.24) is 0 Å². The summed E-state index contributed by atoms with van der Waals surface area (Å²) in [6.45, 7) is 5.44. The van der Waals surface area contributed by atoms with Crippen molar-refractivity contribution in [2.24, 2.45) is 0 Å². The molecule has 2 aromatic carbocycles. The Bertz CT molecular complexity index is 770. The summed E-state index contributed by atoms with van der Waals surface area (Å²) < 4.78 is 15.8. The van der Waals surface area contributed by atoms with E-state index >= 15 is 0 Å². The van der Waals surface area contributed by atoms with E-state index in [0.29, 0.717) is 27.9 Å². The van der Waals surface area contributed by atoms with Gasteiger partial charge in [0.1, 0.15) is 17.1 Å². The number of benzene rings is 2. The number of anilines is 3. The molecule has 0 fully saturated rings. The summed E-state index contributed by atoms with van der Waals surface area (Å²) in [4.78, 5) is 11.8. The molecule has 0 aromatic heterocycles. The van der Waals surface area contributed by atoms with Crippen molar-refractivity contribution in [3.63, 3.8) is 0 Å². The number of halogens is 1. The molecule has 0 unspecified atom stereocenters. The normalized spacial score (nSPS) is 10.8. The minimum Gasteiger partial charge on any atom is -0.495 e. The summed E-state index contributed by atoms with van der Waals surface area (Å²) in [6.07, 6.45) is -0.498. The number of carbonyl (C=O) groups excluding carboxylic acids is 1. The lowest BCUT2D eigenvalue weighted by Gasteiger charge is -2.19. The van der Waals surface area contributed by atoms with Gasteiger partial charge in [-0.25, -0.2) is 4.79 Å². The van der Waals surface area contributed by atoms with Crippen LogP contribution in [0.4, 0.5) is 21.9 Å². The second kappa shape index (κ2) is 8.19. The highest BCUT2D eigenvalue weighted by Crippen LogP contribution is 2.37. The largest absolute Gasteiger partial charge is 0.495 e. The molecular formula is C19H23ClN2O4. The number of amides is 1. The lowest BCUT2D eigenvalue weighted by Crippen LogP contribution is -2.27. The van der Waals surface area contributed by atoms with E-state index in [0.717, 1.165) is 5.69 Å². The molecule has 0 atom stereocenters. The van der Waals surface area contributed by atoms with Gasteiger partial charge < -0.3 is 19.5 Å². The highest BCUT2D eigenvalue weighted by Gasteiger charge is 2.16. The predicted molar refractivity (Wildman–Crippen MR) is 104 cm³/mol. The van der Waals surface area contributed by atoms with Gasteiger partial charge in [0, 0.05) is 23.5 Å². The van der Waals surface area contributed by atoms with Gasteiger partial charge in [-0.15, -0.1) is 0 Å². The Morgan fingerprint density at radius 3 is 2.08 bits per heavy atom. The summed E-state index contributed by atoms with van der Waals surface area (Å²) in [7, 11) is 3.12. The predicted octanol–water partition coefficient (Wildman–Crippen LogP) is 5.45. The maximum Gasteiger partial charge on any atom is 0.412 e. The second-order valence-corrected chi connectivity index (χ2v) is 6.92. The third-order valence-electron chi connectivity index (χ3n) is 3.28. The number of rotatable bonds is 5. The van der Waals surface area contributed by atoms with Crippen LogP contribution in [0.5, 0.6) is 11.5 Å². The summed E-state index contributed by atoms with van der Waals surface area (Å²) in [6, 6.07) is 10.6. The van der Waals surface area contributed by atoms with Crippen molar-refractivity contribution in [3.05, 3.63) is 41.4 Å². The molecule has 0 saturated heterocycles. The Hall–Kier alpha value is -2.60. The van der Waals surface area contributed by atoms with Crippen LogP contribution in [-0.4, -0.2) is 25.9 Å². The van der Waals surface area contributed by atoms with Gasteiger partial charge in [-0.3, -0.25) is 5.32 Å². The lowest BCUT2D eigenvalue weighted by atomic mass is 10.2. The van der Waals surface area contributed by atoms with Crippen molar-refractivity contribution in [2.45, 2.75) is 26.4 Å². The molecule has 0 heterocycles. The average Bonchev–Trinajstić information content (AvgIpc) is 2.56. The standard InChI is InChI=1S/C19H23ClN2O4/c1-19(2,3)26-18(23)22-13-8-6-12(7-9-13)21-15-11-16(24-4)14(20)10-17(15)25-5/h6-11,21H,1-5H3,(H,22,23). The molecule has 7 heteroatoms. The van der Waals surface area contributed by atoms with E-state index in [4.69, 9.17) is 25.8 Å². The Balaban J connectivity index is 2.11. The first-order valence-corrected chi connectivity index (χ1v) is 8.38. The van der Waals surface area contributed by atoms with Gasteiger partial charge in [-0.05, 0) is 45.0 Å². The second-order valence-electron chi connectivity index (χ2n) is 6.52. The van der Waals surface area contributed by atoms with Crippen LogP contribution in [-0.2, 0) is 4.74 Å². The minimum atomic E-state index is -0.546. The molecule has 0 radical (unpaired) electrons. The van der Waals surface area contributed by atoms with Gasteiger partial charge in [-0.1, -0.05) is 11.6 Å². The average molecular weight is 379 g/mol. The smallest absolute Gasteiger partial charge is 0.412 e. The van der Waals surface area contributed by atoms with Crippen LogP contribution in [0.25, 0.3) is 0 Å². The number of nitrogens with one attached hydrogen (secondary N) is 2. The molecule has 0 spiro atoms. The Morgan fingerprint density at radius 1 is 0.962 bits per heavy atom. The highest BCUT2D eigenvalue weighted by molar-refractivity contribution is 6.32. The minimum absolute atomic E-state index is 0.465. The molecule has 6 nitrogen and oxygen atoms in total. The summed E-state index contributed by atoms with van der Waals surface area (Å²) in [5.41, 5.74) is 1.60. The molecule has 2 N–H and O–H groups in total. The molecule has 0 aliphatic heterocycles. The monoisotopic (exact) mass is 378 g/mol. The molecule has 2 rings (SSSR count). The molecule has 0 bridgehead atoms. The van der Waals surface area contributed by atoms with E-state index in [9.17, 15) is 4.79 Å². The fourth-order valence-corrected chi connectivity index (χ4v) is 2.40. The zero-order valence-electron chi connectivity index (χ0n) is 15.5. The molecular weight excluding hydrogens is 356 g/mol. The van der Waals surface area contributed by atoms with Crippen molar-refractivity contribution >= 4 is 34.8 Å². The molecule has 0 aliphatic carbocycles. The van der Waals surface area contributed by atoms with Gasteiger partial charge in [0.2, 0.25) is 0 Å². The van der Waals surface area contributed by atoms with Crippen molar-refractivity contribution in [3.8, 4) is 11.5 Å². The molecule has 0 aliphatic rings. The molecule has 26 heavy (non-hydrogen) atoms. The van der Waals surface area contributed by atoms with E-state index in [-0.39, 0.29) is 0 Å². The Labute approximate surface area is 158 Å². The van der Waals surface area contributed by atoms with Crippen LogP contribution < -0.4 is 20.1 Å². The van der Waals surface area contributed by atoms with Crippen LogP contribution in [0.1, 0.15) is 20.8 Å². The number of ether oxygens (including phenoxy) is 3. The van der Waals surface area contributed by atoms with Crippen molar-refractivity contribution in [2.75, 3.05) is 24.9 Å². The fraction of sp³-hybridized carbons (Fsp3) is 0.316. The van der Waals surface area contributed by atoms with Crippen LogP contribution in [0.2, 0.25) is 5.02 Å². The van der Waals surface area contributed by atoms with Gasteiger partial charge >= 0.3 is 6.09 Å². The first kappa shape index (κ1) is 19.7. The maximum atomic E-state index is 11.8. The van der Waals surface area contributed by atoms with Crippen molar-refractivity contribution < 1.29 is 19.0 Å². The fourth-order valence-electron chi connectivity index (χ4n) is 2.17. The van der Waals surface area contributed by atoms with Crippen molar-refractivity contribution in [1.29, 1.82) is 0 Å². The topological polar surface area (TPSA) is 68.8 Å². The third-order valence-corrected chi connectivity index (χ3v) is 3.58. The molecule has 1 amide bonds. The number of hydrogen-bond donors (Lipinski definition) is 2. The lowest BCUT2D eigenvalue weighted by molar-refractivity contribution is 0.0636. The summed E-state index contributed by atoms with van der Waals surface area (Å²) in [5, 5.41) is 6.39. The number of carbonyl (C=O) groups is 1. The van der Waals surface area contributed by atoms with Gasteiger partial charge in [0.05, 0.1) is 24.9 Å². The van der Waals surface area contributed by atoms with Gasteiger partial charge in [0.15, 0.2) is 0 Å². The van der Waals surface area contributed by atoms with Crippen LogP contribution in [0.3, 0.4) is 0 Å². The van der Waals surface area contributed by atoms with Crippen LogP contribution >= 0.6 is 11.6 Å². The Kier molecular flexibility index (Phi) is 6.21. The van der Waals surface area contributed by atoms with Crippen LogP contribution in [0.15, 0.2) is 36.4 Å². The zero-order chi connectivity index (χ0) is 19.3. The highest BCUT2D eigenvalue weighted by atomic mass is 35.5. The van der Waals surface area contributed by atoms with Crippen LogP contribution in [0, 0.1) is 0 Å². The van der Waals surface area contributed by atoms with E-state index in [1.54, 1.807) is 38.5 Å².